The van der Waals surface area contributed by atoms with Crippen LogP contribution in [0.1, 0.15) is 11.1 Å². The number of nitriles is 1. The second-order valence-electron chi connectivity index (χ2n) is 4.19. The van der Waals surface area contributed by atoms with Crippen molar-refractivity contribution < 1.29 is 13.2 Å². The summed E-state index contributed by atoms with van der Waals surface area (Å²) >= 11 is 6.08. The average molecular weight is 296 g/mol. The number of nitrogens with zero attached hydrogens (tertiary/aromatic N) is 1. The molecule has 0 bridgehead atoms. The van der Waals surface area contributed by atoms with Crippen LogP contribution >= 0.6 is 11.6 Å². The fraction of sp³-hybridized carbons (Fsp3) is 0.133. The average Bonchev–Trinajstić information content (AvgIpc) is 2.38. The number of benzene rings is 2. The summed E-state index contributed by atoms with van der Waals surface area (Å²) in [5, 5.41) is 9.12. The summed E-state index contributed by atoms with van der Waals surface area (Å²) in [4.78, 5) is 0. The van der Waals surface area contributed by atoms with Crippen LogP contribution in [0.4, 0.5) is 13.2 Å². The Bertz CT molecular complexity index is 672. The van der Waals surface area contributed by atoms with Crippen LogP contribution in [-0.4, -0.2) is 0 Å². The Morgan fingerprint density at radius 3 is 2.45 bits per heavy atom. The molecule has 2 aromatic carbocycles. The van der Waals surface area contributed by atoms with Gasteiger partial charge in [-0.05, 0) is 29.3 Å². The molecule has 0 amide bonds. The van der Waals surface area contributed by atoms with E-state index in [9.17, 15) is 13.2 Å². The van der Waals surface area contributed by atoms with Crippen LogP contribution in [0.5, 0.6) is 0 Å². The molecule has 20 heavy (non-hydrogen) atoms. The number of hydrogen-bond acceptors (Lipinski definition) is 1. The van der Waals surface area contributed by atoms with Crippen LogP contribution in [0, 0.1) is 11.3 Å². The van der Waals surface area contributed by atoms with E-state index >= 15 is 0 Å². The highest BCUT2D eigenvalue weighted by Gasteiger charge is 2.30. The van der Waals surface area contributed by atoms with Crippen LogP contribution in [0.2, 0.25) is 5.02 Å². The molecule has 0 heterocycles. The van der Waals surface area contributed by atoms with Gasteiger partial charge in [0.1, 0.15) is 0 Å². The van der Waals surface area contributed by atoms with Gasteiger partial charge < -0.3 is 0 Å². The molecule has 2 aromatic rings. The lowest BCUT2D eigenvalue weighted by Crippen LogP contribution is -2.04. The molecule has 0 aromatic heterocycles. The van der Waals surface area contributed by atoms with Crippen molar-refractivity contribution in [1.82, 2.24) is 0 Å². The molecule has 2 rings (SSSR count). The largest absolute Gasteiger partial charge is 0.416 e. The van der Waals surface area contributed by atoms with Crippen LogP contribution in [0.25, 0.3) is 11.1 Å². The van der Waals surface area contributed by atoms with Gasteiger partial charge in [-0.2, -0.15) is 18.4 Å². The van der Waals surface area contributed by atoms with Crippen molar-refractivity contribution in [2.45, 2.75) is 12.6 Å². The molecule has 0 fully saturated rings. The first kappa shape index (κ1) is 14.4. The molecule has 0 spiro atoms. The third kappa shape index (κ3) is 2.94. The van der Waals surface area contributed by atoms with Gasteiger partial charge in [-0.15, -0.1) is 0 Å². The number of hydrogen-bond donors (Lipinski definition) is 0. The summed E-state index contributed by atoms with van der Waals surface area (Å²) < 4.78 is 38.2. The second kappa shape index (κ2) is 5.56. The molecule has 0 aliphatic carbocycles. The molecule has 0 N–H and O–H groups in total. The maximum Gasteiger partial charge on any atom is 0.416 e. The van der Waals surface area contributed by atoms with E-state index < -0.39 is 11.7 Å². The Morgan fingerprint density at radius 1 is 1.10 bits per heavy atom. The number of alkyl halides is 3. The maximum absolute atomic E-state index is 12.7. The third-order valence-electron chi connectivity index (χ3n) is 2.85. The van der Waals surface area contributed by atoms with Gasteiger partial charge in [0.2, 0.25) is 0 Å². The molecule has 0 radical (unpaired) electrons. The lowest BCUT2D eigenvalue weighted by Gasteiger charge is -2.12. The van der Waals surface area contributed by atoms with Crippen molar-refractivity contribution in [1.29, 1.82) is 5.26 Å². The highest BCUT2D eigenvalue weighted by atomic mass is 35.5. The Kier molecular flexibility index (Phi) is 4.01. The van der Waals surface area contributed by atoms with Crippen molar-refractivity contribution in [2.24, 2.45) is 0 Å². The fourth-order valence-corrected chi connectivity index (χ4v) is 2.28. The van der Waals surface area contributed by atoms with E-state index in [1.807, 2.05) is 6.07 Å². The first-order chi connectivity index (χ1) is 9.43. The van der Waals surface area contributed by atoms with E-state index in [2.05, 4.69) is 0 Å². The molecular formula is C15H9ClF3N. The van der Waals surface area contributed by atoms with Gasteiger partial charge in [-0.3, -0.25) is 0 Å². The third-order valence-corrected chi connectivity index (χ3v) is 3.16. The Balaban J connectivity index is 2.60. The highest BCUT2D eigenvalue weighted by molar-refractivity contribution is 6.33. The zero-order valence-electron chi connectivity index (χ0n) is 10.2. The van der Waals surface area contributed by atoms with Gasteiger partial charge in [-0.1, -0.05) is 35.9 Å². The molecule has 0 saturated heterocycles. The summed E-state index contributed by atoms with van der Waals surface area (Å²) in [6, 6.07) is 11.9. The summed E-state index contributed by atoms with van der Waals surface area (Å²) in [5.41, 5.74) is 0.703. The minimum atomic E-state index is -4.41. The van der Waals surface area contributed by atoms with Gasteiger partial charge in [0.15, 0.2) is 0 Å². The predicted octanol–water partition coefficient (Wildman–Crippen LogP) is 5.09. The molecular weight excluding hydrogens is 287 g/mol. The van der Waals surface area contributed by atoms with Crippen molar-refractivity contribution in [3.63, 3.8) is 0 Å². The fourth-order valence-electron chi connectivity index (χ4n) is 1.98. The summed E-state index contributed by atoms with van der Waals surface area (Å²) in [5.74, 6) is 0. The predicted molar refractivity (Wildman–Crippen MR) is 71.2 cm³/mol. The quantitative estimate of drug-likeness (QED) is 0.757. The second-order valence-corrected chi connectivity index (χ2v) is 4.59. The molecule has 0 unspecified atom stereocenters. The minimum Gasteiger partial charge on any atom is -0.198 e. The summed E-state index contributed by atoms with van der Waals surface area (Å²) in [6.07, 6.45) is -4.32. The van der Waals surface area contributed by atoms with Crippen molar-refractivity contribution in [3.05, 3.63) is 58.6 Å². The van der Waals surface area contributed by atoms with E-state index in [0.717, 1.165) is 12.1 Å². The van der Waals surface area contributed by atoms with E-state index in [1.165, 1.54) is 6.07 Å². The first-order valence-electron chi connectivity index (χ1n) is 5.75. The molecule has 102 valence electrons. The topological polar surface area (TPSA) is 23.8 Å². The van der Waals surface area contributed by atoms with E-state index in [-0.39, 0.29) is 6.42 Å². The maximum atomic E-state index is 12.7. The first-order valence-corrected chi connectivity index (χ1v) is 6.13. The molecule has 1 nitrogen and oxygen atoms in total. The number of rotatable bonds is 2. The molecule has 0 aliphatic heterocycles. The lowest BCUT2D eigenvalue weighted by atomic mass is 9.96. The zero-order valence-corrected chi connectivity index (χ0v) is 11.0. The Morgan fingerprint density at radius 2 is 1.80 bits per heavy atom. The summed E-state index contributed by atoms with van der Waals surface area (Å²) in [6.45, 7) is 0. The smallest absolute Gasteiger partial charge is 0.198 e. The van der Waals surface area contributed by atoms with Gasteiger partial charge in [0.05, 0.1) is 18.1 Å². The van der Waals surface area contributed by atoms with Gasteiger partial charge in [-0.25, -0.2) is 0 Å². The van der Waals surface area contributed by atoms with Crippen LogP contribution in [0.15, 0.2) is 42.5 Å². The van der Waals surface area contributed by atoms with E-state index in [4.69, 9.17) is 16.9 Å². The van der Waals surface area contributed by atoms with Crippen LogP contribution in [0.3, 0.4) is 0 Å². The SMILES string of the molecule is N#CCc1cccc(Cl)c1-c1cccc(C(F)(F)F)c1. The normalized spacial score (nSPS) is 11.2. The van der Waals surface area contributed by atoms with Crippen LogP contribution in [-0.2, 0) is 12.6 Å². The number of halogens is 4. The van der Waals surface area contributed by atoms with Crippen molar-refractivity contribution in [2.75, 3.05) is 0 Å². The zero-order chi connectivity index (χ0) is 14.8. The van der Waals surface area contributed by atoms with E-state index in [0.29, 0.717) is 21.7 Å². The van der Waals surface area contributed by atoms with Gasteiger partial charge in [0, 0.05) is 10.6 Å². The monoisotopic (exact) mass is 295 g/mol. The molecule has 5 heteroatoms. The van der Waals surface area contributed by atoms with Crippen molar-refractivity contribution in [3.8, 4) is 17.2 Å². The Labute approximate surface area is 119 Å². The van der Waals surface area contributed by atoms with Gasteiger partial charge in [0.25, 0.3) is 0 Å². The van der Waals surface area contributed by atoms with E-state index in [1.54, 1.807) is 24.3 Å². The highest BCUT2D eigenvalue weighted by Crippen LogP contribution is 2.36. The Hall–Kier alpha value is -1.99. The lowest BCUT2D eigenvalue weighted by molar-refractivity contribution is -0.137. The molecule has 0 aliphatic rings. The van der Waals surface area contributed by atoms with Crippen molar-refractivity contribution >= 4 is 11.6 Å². The molecule has 0 saturated carbocycles. The minimum absolute atomic E-state index is 0.0894. The van der Waals surface area contributed by atoms with Gasteiger partial charge >= 0.3 is 6.18 Å². The summed E-state index contributed by atoms with van der Waals surface area (Å²) in [7, 11) is 0. The standard InChI is InChI=1S/C15H9ClF3N/c16-13-6-2-3-10(7-8-20)14(13)11-4-1-5-12(9-11)15(17,18)19/h1-6,9H,7H2. The molecule has 0 atom stereocenters. The van der Waals surface area contributed by atoms with Crippen LogP contribution < -0.4 is 0 Å².